The molecule has 1 aromatic heterocycles. The Morgan fingerprint density at radius 1 is 1.48 bits per heavy atom. The normalized spacial score (nSPS) is 14.8. The Kier molecular flexibility index (Phi) is 3.63. The van der Waals surface area contributed by atoms with E-state index in [0.717, 1.165) is 25.2 Å². The van der Waals surface area contributed by atoms with Gasteiger partial charge in [0.25, 0.3) is 5.91 Å². The standard InChI is InChI=1S/C14H14ClFN4O/c1-8(13-19-18-12-3-2-6-20(12)13)17-14(21)10-7-9(15)4-5-11(10)16/h4-5,7-8H,2-3,6H2,1H3,(H,17,21). The predicted molar refractivity (Wildman–Crippen MR) is 75.6 cm³/mol. The van der Waals surface area contributed by atoms with Crippen LogP contribution in [0.2, 0.25) is 5.02 Å². The Morgan fingerprint density at radius 2 is 2.29 bits per heavy atom. The molecule has 7 heteroatoms. The van der Waals surface area contributed by atoms with Crippen LogP contribution >= 0.6 is 11.6 Å². The first-order valence-electron chi connectivity index (χ1n) is 6.74. The highest BCUT2D eigenvalue weighted by Crippen LogP contribution is 2.20. The van der Waals surface area contributed by atoms with E-state index < -0.39 is 11.7 Å². The summed E-state index contributed by atoms with van der Waals surface area (Å²) in [5, 5.41) is 11.3. The highest BCUT2D eigenvalue weighted by molar-refractivity contribution is 6.31. The van der Waals surface area contributed by atoms with Crippen molar-refractivity contribution < 1.29 is 9.18 Å². The van der Waals surface area contributed by atoms with E-state index in [4.69, 9.17) is 11.6 Å². The van der Waals surface area contributed by atoms with Gasteiger partial charge in [-0.3, -0.25) is 4.79 Å². The Hall–Kier alpha value is -1.95. The van der Waals surface area contributed by atoms with Crippen LogP contribution in [0.5, 0.6) is 0 Å². The van der Waals surface area contributed by atoms with E-state index >= 15 is 0 Å². The number of halogens is 2. The Morgan fingerprint density at radius 3 is 3.10 bits per heavy atom. The molecule has 5 nitrogen and oxygen atoms in total. The average molecular weight is 309 g/mol. The number of nitrogens with zero attached hydrogens (tertiary/aromatic N) is 3. The van der Waals surface area contributed by atoms with Crippen molar-refractivity contribution in [2.24, 2.45) is 0 Å². The third kappa shape index (κ3) is 2.63. The van der Waals surface area contributed by atoms with Gasteiger partial charge in [0, 0.05) is 18.0 Å². The molecule has 0 fully saturated rings. The molecule has 1 aromatic carbocycles. The predicted octanol–water partition coefficient (Wildman–Crippen LogP) is 2.51. The first-order chi connectivity index (χ1) is 10.1. The van der Waals surface area contributed by atoms with Crippen molar-refractivity contribution in [1.82, 2.24) is 20.1 Å². The van der Waals surface area contributed by atoms with Crippen LogP contribution in [0.25, 0.3) is 0 Å². The molecule has 0 aliphatic carbocycles. The molecule has 1 amide bonds. The van der Waals surface area contributed by atoms with Crippen molar-refractivity contribution in [2.45, 2.75) is 32.4 Å². The molecule has 1 aliphatic rings. The summed E-state index contributed by atoms with van der Waals surface area (Å²) in [6.07, 6.45) is 1.93. The lowest BCUT2D eigenvalue weighted by Gasteiger charge is -2.14. The van der Waals surface area contributed by atoms with Crippen LogP contribution in [0, 0.1) is 5.82 Å². The van der Waals surface area contributed by atoms with E-state index in [1.54, 1.807) is 6.92 Å². The minimum Gasteiger partial charge on any atom is -0.342 e. The van der Waals surface area contributed by atoms with E-state index in [9.17, 15) is 9.18 Å². The topological polar surface area (TPSA) is 59.8 Å². The number of aromatic nitrogens is 3. The van der Waals surface area contributed by atoms with Crippen LogP contribution in [0.4, 0.5) is 4.39 Å². The van der Waals surface area contributed by atoms with E-state index in [-0.39, 0.29) is 11.6 Å². The lowest BCUT2D eigenvalue weighted by molar-refractivity contribution is 0.0933. The quantitative estimate of drug-likeness (QED) is 0.947. The van der Waals surface area contributed by atoms with Gasteiger partial charge >= 0.3 is 0 Å². The maximum absolute atomic E-state index is 13.7. The minimum absolute atomic E-state index is 0.0736. The van der Waals surface area contributed by atoms with Gasteiger partial charge in [-0.2, -0.15) is 0 Å². The fourth-order valence-electron chi connectivity index (χ4n) is 2.50. The third-order valence-corrected chi connectivity index (χ3v) is 3.78. The van der Waals surface area contributed by atoms with Crippen LogP contribution in [-0.4, -0.2) is 20.7 Å². The summed E-state index contributed by atoms with van der Waals surface area (Å²) >= 11 is 5.80. The van der Waals surface area contributed by atoms with Crippen molar-refractivity contribution in [3.05, 3.63) is 46.3 Å². The summed E-state index contributed by atoms with van der Waals surface area (Å²) < 4.78 is 15.7. The van der Waals surface area contributed by atoms with Gasteiger partial charge in [-0.25, -0.2) is 4.39 Å². The molecule has 0 saturated heterocycles. The van der Waals surface area contributed by atoms with E-state index in [1.807, 2.05) is 4.57 Å². The Labute approximate surface area is 126 Å². The lowest BCUT2D eigenvalue weighted by atomic mass is 10.2. The number of nitrogens with one attached hydrogen (secondary N) is 1. The summed E-state index contributed by atoms with van der Waals surface area (Å²) in [5.41, 5.74) is -0.0736. The SMILES string of the molecule is CC(NC(=O)c1cc(Cl)ccc1F)c1nnc2n1CCC2. The first-order valence-corrected chi connectivity index (χ1v) is 7.12. The summed E-state index contributed by atoms with van der Waals surface area (Å²) in [7, 11) is 0. The van der Waals surface area contributed by atoms with Gasteiger partial charge < -0.3 is 9.88 Å². The monoisotopic (exact) mass is 308 g/mol. The van der Waals surface area contributed by atoms with E-state index in [0.29, 0.717) is 10.8 Å². The second kappa shape index (κ2) is 5.44. The zero-order valence-corrected chi connectivity index (χ0v) is 12.2. The molecule has 1 aliphatic heterocycles. The van der Waals surface area contributed by atoms with Crippen molar-refractivity contribution in [3.8, 4) is 0 Å². The summed E-state index contributed by atoms with van der Waals surface area (Å²) in [6, 6.07) is 3.54. The first kappa shape index (κ1) is 14.0. The number of benzene rings is 1. The van der Waals surface area contributed by atoms with Crippen LogP contribution in [-0.2, 0) is 13.0 Å². The molecule has 0 spiro atoms. The molecule has 1 atom stereocenters. The number of amides is 1. The summed E-state index contributed by atoms with van der Waals surface area (Å²) in [4.78, 5) is 12.2. The van der Waals surface area contributed by atoms with Crippen LogP contribution in [0.1, 0.15) is 41.4 Å². The zero-order chi connectivity index (χ0) is 15.0. The number of carbonyl (C=O) groups is 1. The number of rotatable bonds is 3. The van der Waals surface area contributed by atoms with E-state index in [1.165, 1.54) is 18.2 Å². The molecule has 0 radical (unpaired) electrons. The largest absolute Gasteiger partial charge is 0.342 e. The van der Waals surface area contributed by atoms with Crippen molar-refractivity contribution in [1.29, 1.82) is 0 Å². The number of hydrogen-bond donors (Lipinski definition) is 1. The van der Waals surface area contributed by atoms with Crippen molar-refractivity contribution in [3.63, 3.8) is 0 Å². The molecule has 2 heterocycles. The number of aryl methyl sites for hydroxylation is 1. The third-order valence-electron chi connectivity index (χ3n) is 3.55. The van der Waals surface area contributed by atoms with Gasteiger partial charge in [0.15, 0.2) is 5.82 Å². The minimum atomic E-state index is -0.601. The zero-order valence-electron chi connectivity index (χ0n) is 11.4. The highest BCUT2D eigenvalue weighted by Gasteiger charge is 2.23. The molecule has 0 bridgehead atoms. The van der Waals surface area contributed by atoms with Gasteiger partial charge in [0.05, 0.1) is 11.6 Å². The smallest absolute Gasteiger partial charge is 0.254 e. The number of carbonyl (C=O) groups excluding carboxylic acids is 1. The van der Waals surface area contributed by atoms with Gasteiger partial charge in [-0.1, -0.05) is 11.6 Å². The van der Waals surface area contributed by atoms with Crippen LogP contribution < -0.4 is 5.32 Å². The molecule has 1 unspecified atom stereocenters. The lowest BCUT2D eigenvalue weighted by Crippen LogP contribution is -2.29. The maximum Gasteiger partial charge on any atom is 0.254 e. The Balaban J connectivity index is 1.79. The van der Waals surface area contributed by atoms with Crippen molar-refractivity contribution in [2.75, 3.05) is 0 Å². The highest BCUT2D eigenvalue weighted by atomic mass is 35.5. The average Bonchev–Trinajstić information content (AvgIpc) is 3.03. The number of hydrogen-bond acceptors (Lipinski definition) is 3. The second-order valence-corrected chi connectivity index (χ2v) is 5.49. The molecule has 2 aromatic rings. The fraction of sp³-hybridized carbons (Fsp3) is 0.357. The molecule has 21 heavy (non-hydrogen) atoms. The second-order valence-electron chi connectivity index (χ2n) is 5.05. The van der Waals surface area contributed by atoms with Gasteiger partial charge in [-0.05, 0) is 31.5 Å². The summed E-state index contributed by atoms with van der Waals surface area (Å²) in [5.74, 6) is 0.506. The molecular weight excluding hydrogens is 295 g/mol. The Bertz CT molecular complexity index is 700. The van der Waals surface area contributed by atoms with Gasteiger partial charge in [0.2, 0.25) is 0 Å². The van der Waals surface area contributed by atoms with Gasteiger partial charge in [0.1, 0.15) is 11.6 Å². The van der Waals surface area contributed by atoms with Gasteiger partial charge in [-0.15, -0.1) is 10.2 Å². The summed E-state index contributed by atoms with van der Waals surface area (Å²) in [6.45, 7) is 2.65. The molecular formula is C14H14ClFN4O. The molecule has 1 N–H and O–H groups in total. The van der Waals surface area contributed by atoms with Crippen molar-refractivity contribution >= 4 is 17.5 Å². The van der Waals surface area contributed by atoms with E-state index in [2.05, 4.69) is 15.5 Å². The maximum atomic E-state index is 13.7. The number of fused-ring (bicyclic) bond motifs is 1. The fourth-order valence-corrected chi connectivity index (χ4v) is 2.68. The van der Waals surface area contributed by atoms with Crippen LogP contribution in [0.15, 0.2) is 18.2 Å². The molecule has 3 rings (SSSR count). The molecule has 110 valence electrons. The molecule has 0 saturated carbocycles. The van der Waals surface area contributed by atoms with Crippen LogP contribution in [0.3, 0.4) is 0 Å².